The van der Waals surface area contributed by atoms with Crippen LogP contribution < -0.4 is 9.47 Å². The van der Waals surface area contributed by atoms with E-state index < -0.39 is 0 Å². The Morgan fingerprint density at radius 3 is 2.89 bits per heavy atom. The lowest BCUT2D eigenvalue weighted by molar-refractivity contribution is 0.352. The summed E-state index contributed by atoms with van der Waals surface area (Å²) in [6, 6.07) is 10.7. The highest BCUT2D eigenvalue weighted by molar-refractivity contribution is 6.32. The Morgan fingerprint density at radius 1 is 1.26 bits per heavy atom. The molecular formula is C15H12ClNO2. The number of halogens is 1. The number of para-hydroxylation sites is 1. The maximum atomic E-state index is 6.03. The lowest BCUT2D eigenvalue weighted by Gasteiger charge is -2.08. The minimum atomic E-state index is 0.305. The lowest BCUT2D eigenvalue weighted by atomic mass is 10.3. The smallest absolute Gasteiger partial charge is 0.217 e. The van der Waals surface area contributed by atoms with Crippen LogP contribution in [0.4, 0.5) is 0 Å². The van der Waals surface area contributed by atoms with Crippen molar-refractivity contribution in [2.45, 2.75) is 6.92 Å². The van der Waals surface area contributed by atoms with Crippen LogP contribution in [0.15, 0.2) is 42.6 Å². The van der Waals surface area contributed by atoms with Crippen LogP contribution >= 0.6 is 11.6 Å². The monoisotopic (exact) mass is 273 g/mol. The normalized spacial score (nSPS) is 9.37. The average Bonchev–Trinajstić information content (AvgIpc) is 2.42. The van der Waals surface area contributed by atoms with Crippen LogP contribution in [0, 0.1) is 11.8 Å². The van der Waals surface area contributed by atoms with E-state index in [2.05, 4.69) is 16.8 Å². The molecule has 0 aliphatic rings. The Kier molecular flexibility index (Phi) is 4.66. The third kappa shape index (κ3) is 3.90. The second kappa shape index (κ2) is 6.67. The molecule has 2 rings (SSSR count). The zero-order valence-electron chi connectivity index (χ0n) is 10.4. The van der Waals surface area contributed by atoms with E-state index >= 15 is 0 Å². The van der Waals surface area contributed by atoms with Crippen molar-refractivity contribution >= 4 is 11.6 Å². The maximum Gasteiger partial charge on any atom is 0.217 e. The molecular weight excluding hydrogens is 262 g/mol. The van der Waals surface area contributed by atoms with Crippen LogP contribution in [0.5, 0.6) is 17.4 Å². The summed E-state index contributed by atoms with van der Waals surface area (Å²) in [4.78, 5) is 4.07. The number of rotatable bonds is 4. The number of pyridine rings is 1. The molecule has 3 nitrogen and oxygen atoms in total. The molecule has 0 aliphatic carbocycles. The highest BCUT2D eigenvalue weighted by Gasteiger charge is 2.03. The molecule has 0 unspecified atom stereocenters. The number of benzene rings is 1. The molecule has 0 aliphatic heterocycles. The van der Waals surface area contributed by atoms with Crippen molar-refractivity contribution in [1.82, 2.24) is 4.98 Å². The summed E-state index contributed by atoms with van der Waals surface area (Å²) in [5.74, 6) is 7.22. The van der Waals surface area contributed by atoms with Crippen molar-refractivity contribution in [2.24, 2.45) is 0 Å². The standard InChI is InChI=1S/C15H12ClNO2/c1-2-3-10-18-15-11-12(8-9-17-15)19-14-7-5-4-6-13(14)16/h4-9,11H,10H2,1H3. The average molecular weight is 274 g/mol. The number of ether oxygens (including phenoxy) is 2. The van der Waals surface area contributed by atoms with Gasteiger partial charge < -0.3 is 9.47 Å². The molecule has 0 N–H and O–H groups in total. The second-order valence-electron chi connectivity index (χ2n) is 3.58. The first-order chi connectivity index (χ1) is 9.29. The largest absolute Gasteiger partial charge is 0.464 e. The zero-order chi connectivity index (χ0) is 13.5. The molecule has 0 fully saturated rings. The van der Waals surface area contributed by atoms with E-state index in [9.17, 15) is 0 Å². The van der Waals surface area contributed by atoms with Crippen LogP contribution in [0.3, 0.4) is 0 Å². The van der Waals surface area contributed by atoms with Crippen molar-refractivity contribution < 1.29 is 9.47 Å². The zero-order valence-corrected chi connectivity index (χ0v) is 11.1. The van der Waals surface area contributed by atoms with E-state index in [0.29, 0.717) is 29.0 Å². The second-order valence-corrected chi connectivity index (χ2v) is 3.98. The predicted molar refractivity (Wildman–Crippen MR) is 74.7 cm³/mol. The Labute approximate surface area is 117 Å². The fourth-order valence-corrected chi connectivity index (χ4v) is 1.54. The first-order valence-electron chi connectivity index (χ1n) is 5.70. The summed E-state index contributed by atoms with van der Waals surface area (Å²) in [5, 5.41) is 0.554. The fraction of sp³-hybridized carbons (Fsp3) is 0.133. The quantitative estimate of drug-likeness (QED) is 0.791. The molecule has 2 aromatic rings. The van der Waals surface area contributed by atoms with Gasteiger partial charge in [0.2, 0.25) is 5.88 Å². The van der Waals surface area contributed by atoms with Crippen LogP contribution in [-0.4, -0.2) is 11.6 Å². The Hall–Kier alpha value is -2.18. The van der Waals surface area contributed by atoms with Gasteiger partial charge in [-0.15, -0.1) is 5.92 Å². The molecule has 0 radical (unpaired) electrons. The van der Waals surface area contributed by atoms with Crippen LogP contribution in [0.25, 0.3) is 0 Å². The SMILES string of the molecule is CC#CCOc1cc(Oc2ccccc2Cl)ccn1. The van der Waals surface area contributed by atoms with Gasteiger partial charge >= 0.3 is 0 Å². The first-order valence-corrected chi connectivity index (χ1v) is 6.08. The van der Waals surface area contributed by atoms with E-state index in [-0.39, 0.29) is 0 Å². The third-order valence-corrected chi connectivity index (χ3v) is 2.55. The number of hydrogen-bond donors (Lipinski definition) is 0. The van der Waals surface area contributed by atoms with E-state index in [0.717, 1.165) is 0 Å². The van der Waals surface area contributed by atoms with Crippen molar-refractivity contribution in [1.29, 1.82) is 0 Å². The van der Waals surface area contributed by atoms with Gasteiger partial charge in [0.25, 0.3) is 0 Å². The fourth-order valence-electron chi connectivity index (χ4n) is 1.37. The van der Waals surface area contributed by atoms with E-state index in [1.165, 1.54) is 0 Å². The van der Waals surface area contributed by atoms with Gasteiger partial charge in [-0.05, 0) is 25.1 Å². The molecule has 1 aromatic heterocycles. The van der Waals surface area contributed by atoms with Gasteiger partial charge in [0.1, 0.15) is 11.5 Å². The Bertz CT molecular complexity index is 617. The predicted octanol–water partition coefficient (Wildman–Crippen LogP) is 3.93. The molecule has 4 heteroatoms. The molecule has 0 atom stereocenters. The van der Waals surface area contributed by atoms with Crippen molar-refractivity contribution in [3.05, 3.63) is 47.6 Å². The minimum absolute atomic E-state index is 0.305. The molecule has 0 saturated heterocycles. The van der Waals surface area contributed by atoms with E-state index in [4.69, 9.17) is 21.1 Å². The van der Waals surface area contributed by atoms with Gasteiger partial charge in [-0.25, -0.2) is 4.98 Å². The van der Waals surface area contributed by atoms with Gasteiger partial charge in [-0.3, -0.25) is 0 Å². The van der Waals surface area contributed by atoms with Crippen LogP contribution in [0.2, 0.25) is 5.02 Å². The van der Waals surface area contributed by atoms with Gasteiger partial charge in [0.05, 0.1) is 5.02 Å². The van der Waals surface area contributed by atoms with Crippen molar-refractivity contribution in [3.63, 3.8) is 0 Å². The summed E-state index contributed by atoms with van der Waals surface area (Å²) >= 11 is 6.03. The first kappa shape index (κ1) is 13.3. The van der Waals surface area contributed by atoms with Gasteiger partial charge in [-0.2, -0.15) is 0 Å². The van der Waals surface area contributed by atoms with Crippen molar-refractivity contribution in [2.75, 3.05) is 6.61 Å². The Balaban J connectivity index is 2.10. The minimum Gasteiger partial charge on any atom is -0.464 e. The molecule has 0 amide bonds. The van der Waals surface area contributed by atoms with Gasteiger partial charge in [-0.1, -0.05) is 29.7 Å². The molecule has 0 bridgehead atoms. The number of nitrogens with zero attached hydrogens (tertiary/aromatic N) is 1. The summed E-state index contributed by atoms with van der Waals surface area (Å²) < 4.78 is 11.0. The van der Waals surface area contributed by atoms with Crippen LogP contribution in [0.1, 0.15) is 6.92 Å². The lowest BCUT2D eigenvalue weighted by Crippen LogP contribution is -1.96. The number of aromatic nitrogens is 1. The van der Waals surface area contributed by atoms with Crippen molar-refractivity contribution in [3.8, 4) is 29.2 Å². The highest BCUT2D eigenvalue weighted by Crippen LogP contribution is 2.29. The number of hydrogen-bond acceptors (Lipinski definition) is 3. The van der Waals surface area contributed by atoms with E-state index in [1.54, 1.807) is 37.4 Å². The summed E-state index contributed by atoms with van der Waals surface area (Å²) in [6.07, 6.45) is 1.61. The molecule has 0 saturated carbocycles. The maximum absolute atomic E-state index is 6.03. The Morgan fingerprint density at radius 2 is 2.11 bits per heavy atom. The van der Waals surface area contributed by atoms with Gasteiger partial charge in [0, 0.05) is 12.3 Å². The highest BCUT2D eigenvalue weighted by atomic mass is 35.5. The molecule has 96 valence electrons. The summed E-state index contributed by atoms with van der Waals surface area (Å²) in [6.45, 7) is 2.06. The summed E-state index contributed by atoms with van der Waals surface area (Å²) in [7, 11) is 0. The van der Waals surface area contributed by atoms with Gasteiger partial charge in [0.15, 0.2) is 6.61 Å². The molecule has 1 aromatic carbocycles. The summed E-state index contributed by atoms with van der Waals surface area (Å²) in [5.41, 5.74) is 0. The molecule has 0 spiro atoms. The molecule has 1 heterocycles. The third-order valence-electron chi connectivity index (χ3n) is 2.24. The van der Waals surface area contributed by atoms with Crippen LogP contribution in [-0.2, 0) is 0 Å². The van der Waals surface area contributed by atoms with E-state index in [1.807, 2.05) is 12.1 Å². The topological polar surface area (TPSA) is 31.4 Å². The molecule has 19 heavy (non-hydrogen) atoms.